The number of carbonyl (C=O) groups excluding carboxylic acids is 2. The first-order valence-corrected chi connectivity index (χ1v) is 6.33. The molecule has 2 aromatic carbocycles. The van der Waals surface area contributed by atoms with E-state index in [0.717, 1.165) is 5.39 Å². The minimum Gasteiger partial charge on any atom is -0.277 e. The summed E-state index contributed by atoms with van der Waals surface area (Å²) in [4.78, 5) is 24.0. The van der Waals surface area contributed by atoms with Gasteiger partial charge in [0.25, 0.3) is 11.8 Å². The largest absolute Gasteiger partial charge is 0.277 e. The number of H-pyrrole nitrogens is 1. The second-order valence-electron chi connectivity index (χ2n) is 4.41. The molecule has 0 aliphatic rings. The van der Waals surface area contributed by atoms with Crippen molar-refractivity contribution in [2.75, 3.05) is 0 Å². The Labute approximate surface area is 120 Å². The fourth-order valence-corrected chi connectivity index (χ4v) is 2.00. The summed E-state index contributed by atoms with van der Waals surface area (Å²) in [6.45, 7) is 0. The molecule has 104 valence electrons. The minimum absolute atomic E-state index is 0.374. The highest BCUT2D eigenvalue weighted by Gasteiger charge is 2.12. The van der Waals surface area contributed by atoms with Gasteiger partial charge in [0.15, 0.2) is 0 Å². The van der Waals surface area contributed by atoms with Crippen molar-refractivity contribution in [1.29, 1.82) is 0 Å². The molecular formula is C15H12N4O2. The summed E-state index contributed by atoms with van der Waals surface area (Å²) in [7, 11) is 0. The summed E-state index contributed by atoms with van der Waals surface area (Å²) in [5.74, 6) is -0.783. The molecule has 6 nitrogen and oxygen atoms in total. The highest BCUT2D eigenvalue weighted by Crippen LogP contribution is 2.15. The fourth-order valence-electron chi connectivity index (χ4n) is 2.00. The maximum atomic E-state index is 12.1. The van der Waals surface area contributed by atoms with Crippen LogP contribution in [0.4, 0.5) is 0 Å². The summed E-state index contributed by atoms with van der Waals surface area (Å²) in [6.07, 6.45) is 1.63. The Morgan fingerprint density at radius 2 is 1.67 bits per heavy atom. The smallest absolute Gasteiger partial charge is 0.271 e. The molecule has 0 saturated carbocycles. The lowest BCUT2D eigenvalue weighted by molar-refractivity contribution is 0.0847. The van der Waals surface area contributed by atoms with E-state index in [9.17, 15) is 9.59 Å². The Balaban J connectivity index is 1.72. The molecule has 0 unspecified atom stereocenters. The third-order valence-corrected chi connectivity index (χ3v) is 3.05. The predicted octanol–water partition coefficient (Wildman–Crippen LogP) is 1.64. The van der Waals surface area contributed by atoms with Crippen LogP contribution in [0.5, 0.6) is 0 Å². The quantitative estimate of drug-likeness (QED) is 0.624. The third-order valence-electron chi connectivity index (χ3n) is 3.05. The zero-order chi connectivity index (χ0) is 14.7. The van der Waals surface area contributed by atoms with E-state index in [0.29, 0.717) is 16.6 Å². The van der Waals surface area contributed by atoms with Crippen molar-refractivity contribution >= 4 is 22.7 Å². The Morgan fingerprint density at radius 1 is 0.905 bits per heavy atom. The lowest BCUT2D eigenvalue weighted by Crippen LogP contribution is -2.41. The Bertz CT molecular complexity index is 796. The number of nitrogens with one attached hydrogen (secondary N) is 3. The Hall–Kier alpha value is -3.15. The van der Waals surface area contributed by atoms with E-state index >= 15 is 0 Å². The number of rotatable bonds is 2. The van der Waals surface area contributed by atoms with E-state index in [1.54, 1.807) is 42.6 Å². The van der Waals surface area contributed by atoms with Gasteiger partial charge in [0.1, 0.15) is 0 Å². The molecule has 0 fully saturated rings. The Morgan fingerprint density at radius 3 is 2.48 bits per heavy atom. The van der Waals surface area contributed by atoms with Crippen LogP contribution < -0.4 is 10.9 Å². The molecule has 0 spiro atoms. The van der Waals surface area contributed by atoms with Gasteiger partial charge in [-0.3, -0.25) is 25.5 Å². The van der Waals surface area contributed by atoms with Crippen LogP contribution in [0, 0.1) is 0 Å². The molecule has 3 N–H and O–H groups in total. The van der Waals surface area contributed by atoms with Crippen molar-refractivity contribution < 1.29 is 9.59 Å². The van der Waals surface area contributed by atoms with Gasteiger partial charge < -0.3 is 0 Å². The van der Waals surface area contributed by atoms with Crippen LogP contribution in [-0.4, -0.2) is 22.0 Å². The molecular weight excluding hydrogens is 268 g/mol. The van der Waals surface area contributed by atoms with Gasteiger partial charge in [0, 0.05) is 10.9 Å². The first-order chi connectivity index (χ1) is 10.3. The van der Waals surface area contributed by atoms with Gasteiger partial charge in [0.05, 0.1) is 17.3 Å². The maximum absolute atomic E-state index is 12.1. The number of nitrogens with zero attached hydrogens (tertiary/aromatic N) is 1. The molecule has 6 heteroatoms. The molecule has 2 amide bonds. The van der Waals surface area contributed by atoms with Gasteiger partial charge in [-0.2, -0.15) is 5.10 Å². The number of hydrazine groups is 1. The average Bonchev–Trinajstić information content (AvgIpc) is 3.01. The van der Waals surface area contributed by atoms with E-state index in [1.807, 2.05) is 12.1 Å². The minimum atomic E-state index is -0.408. The van der Waals surface area contributed by atoms with Gasteiger partial charge >= 0.3 is 0 Å². The standard InChI is InChI=1S/C15H12N4O2/c20-14(10-5-2-1-3-6-10)18-19-15(21)12-8-4-7-11-9-16-17-13(11)12/h1-9H,(H,16,17)(H,18,20)(H,19,21). The summed E-state index contributed by atoms with van der Waals surface area (Å²) >= 11 is 0. The monoisotopic (exact) mass is 280 g/mol. The second kappa shape index (κ2) is 5.46. The number of carbonyl (C=O) groups is 2. The number of amides is 2. The van der Waals surface area contributed by atoms with Crippen molar-refractivity contribution in [3.63, 3.8) is 0 Å². The number of hydrogen-bond donors (Lipinski definition) is 3. The van der Waals surface area contributed by atoms with Crippen LogP contribution in [0.25, 0.3) is 10.9 Å². The third kappa shape index (κ3) is 2.59. The van der Waals surface area contributed by atoms with Crippen molar-refractivity contribution in [3.8, 4) is 0 Å². The SMILES string of the molecule is O=C(NNC(=O)c1cccc2cn[nH]c12)c1ccccc1. The number of benzene rings is 2. The van der Waals surface area contributed by atoms with E-state index in [2.05, 4.69) is 21.0 Å². The van der Waals surface area contributed by atoms with Crippen LogP contribution in [0.1, 0.15) is 20.7 Å². The molecule has 21 heavy (non-hydrogen) atoms. The molecule has 1 aromatic heterocycles. The van der Waals surface area contributed by atoms with Gasteiger partial charge in [-0.15, -0.1) is 0 Å². The first kappa shape index (κ1) is 12.9. The normalized spacial score (nSPS) is 10.3. The summed E-state index contributed by atoms with van der Waals surface area (Å²) in [5, 5.41) is 7.49. The summed E-state index contributed by atoms with van der Waals surface area (Å²) in [5.41, 5.74) is 6.29. The van der Waals surface area contributed by atoms with Crippen LogP contribution in [0.3, 0.4) is 0 Å². The van der Waals surface area contributed by atoms with E-state index in [4.69, 9.17) is 0 Å². The molecule has 0 radical (unpaired) electrons. The zero-order valence-corrected chi connectivity index (χ0v) is 11.0. The van der Waals surface area contributed by atoms with E-state index in [-0.39, 0.29) is 5.91 Å². The van der Waals surface area contributed by atoms with Gasteiger partial charge in [0.2, 0.25) is 0 Å². The average molecular weight is 280 g/mol. The second-order valence-corrected chi connectivity index (χ2v) is 4.41. The van der Waals surface area contributed by atoms with Gasteiger partial charge in [-0.25, -0.2) is 0 Å². The molecule has 0 atom stereocenters. The van der Waals surface area contributed by atoms with Crippen molar-refractivity contribution in [1.82, 2.24) is 21.0 Å². The fraction of sp³-hybridized carbons (Fsp3) is 0. The number of aromatic amines is 1. The maximum Gasteiger partial charge on any atom is 0.271 e. The van der Waals surface area contributed by atoms with Crippen LogP contribution in [-0.2, 0) is 0 Å². The molecule has 3 aromatic rings. The predicted molar refractivity (Wildman–Crippen MR) is 77.5 cm³/mol. The van der Waals surface area contributed by atoms with Crippen LogP contribution in [0.2, 0.25) is 0 Å². The van der Waals surface area contributed by atoms with Crippen LogP contribution >= 0.6 is 0 Å². The van der Waals surface area contributed by atoms with Crippen molar-refractivity contribution in [2.24, 2.45) is 0 Å². The molecule has 0 aliphatic heterocycles. The lowest BCUT2D eigenvalue weighted by atomic mass is 10.1. The van der Waals surface area contributed by atoms with Crippen LogP contribution in [0.15, 0.2) is 54.7 Å². The van der Waals surface area contributed by atoms with E-state index in [1.165, 1.54) is 0 Å². The molecule has 1 heterocycles. The number of hydrogen-bond acceptors (Lipinski definition) is 3. The molecule has 3 rings (SSSR count). The molecule has 0 bridgehead atoms. The zero-order valence-electron chi connectivity index (χ0n) is 11.0. The summed E-state index contributed by atoms with van der Waals surface area (Å²) in [6, 6.07) is 13.9. The molecule has 0 aliphatic carbocycles. The van der Waals surface area contributed by atoms with E-state index < -0.39 is 5.91 Å². The highest BCUT2D eigenvalue weighted by molar-refractivity contribution is 6.06. The topological polar surface area (TPSA) is 86.9 Å². The number of para-hydroxylation sites is 1. The number of aromatic nitrogens is 2. The van der Waals surface area contributed by atoms with Gasteiger partial charge in [-0.05, 0) is 18.2 Å². The molecule has 0 saturated heterocycles. The summed E-state index contributed by atoms with van der Waals surface area (Å²) < 4.78 is 0. The Kier molecular flexibility index (Phi) is 3.34. The first-order valence-electron chi connectivity index (χ1n) is 6.33. The number of fused-ring (bicyclic) bond motifs is 1. The van der Waals surface area contributed by atoms with Crippen molar-refractivity contribution in [2.45, 2.75) is 0 Å². The van der Waals surface area contributed by atoms with Crippen molar-refractivity contribution in [3.05, 3.63) is 65.9 Å². The van der Waals surface area contributed by atoms with Gasteiger partial charge in [-0.1, -0.05) is 30.3 Å². The lowest BCUT2D eigenvalue weighted by Gasteiger charge is -2.07. The highest BCUT2D eigenvalue weighted by atomic mass is 16.2.